The van der Waals surface area contributed by atoms with Crippen LogP contribution in [0.4, 0.5) is 9.18 Å². The largest absolute Gasteiger partial charge is 0.444 e. The molecule has 0 aromatic carbocycles. The van der Waals surface area contributed by atoms with Gasteiger partial charge in [0.15, 0.2) is 0 Å². The lowest BCUT2D eigenvalue weighted by Gasteiger charge is -2.57. The van der Waals surface area contributed by atoms with Crippen molar-refractivity contribution in [1.82, 2.24) is 4.90 Å². The first kappa shape index (κ1) is 22.3. The van der Waals surface area contributed by atoms with Crippen molar-refractivity contribution in [2.45, 2.75) is 82.4 Å². The number of ether oxygens (including phenoxy) is 5. The molecule has 7 nitrogen and oxygen atoms in total. The number of nitrogens with zero attached hydrogens (tertiary/aromatic N) is 1. The summed E-state index contributed by atoms with van der Waals surface area (Å²) in [5.41, 5.74) is -1.19. The fraction of sp³-hybridized carbons (Fsp3) is 0.857. The van der Waals surface area contributed by atoms with Gasteiger partial charge in [-0.15, -0.1) is 0 Å². The Kier molecular flexibility index (Phi) is 5.67. The summed E-state index contributed by atoms with van der Waals surface area (Å²) in [5, 5.41) is 0. The molecular formula is C21H32FNO6. The zero-order valence-corrected chi connectivity index (χ0v) is 18.3. The molecule has 0 aromatic rings. The molecule has 3 rings (SSSR count). The van der Waals surface area contributed by atoms with E-state index in [0.29, 0.717) is 0 Å². The van der Waals surface area contributed by atoms with Gasteiger partial charge in [0.2, 0.25) is 11.6 Å². The average Bonchev–Trinajstić information content (AvgIpc) is 3.42. The Morgan fingerprint density at radius 1 is 1.17 bits per heavy atom. The van der Waals surface area contributed by atoms with Gasteiger partial charge in [0.1, 0.15) is 24.5 Å². The number of fused-ring (bicyclic) bond motifs is 1. The van der Waals surface area contributed by atoms with Crippen LogP contribution in [0.2, 0.25) is 0 Å². The molecular weight excluding hydrogens is 381 g/mol. The third-order valence-electron chi connectivity index (χ3n) is 6.22. The number of carbonyl (C=O) groups is 1. The smallest absolute Gasteiger partial charge is 0.410 e. The first-order valence-electron chi connectivity index (χ1n) is 9.96. The van der Waals surface area contributed by atoms with Crippen molar-refractivity contribution in [3.63, 3.8) is 0 Å². The SMILES string of the molecule is COC1(C)O[C@@H]2[C@@H](C#CCF)C3(CC3)N(C(=O)OC(C)(C)C)C[C@H]2OC1(C)OC. The monoisotopic (exact) mass is 413 g/mol. The number of alkyl halides is 1. The second-order valence-electron chi connectivity index (χ2n) is 9.17. The van der Waals surface area contributed by atoms with Gasteiger partial charge in [0.25, 0.3) is 0 Å². The number of likely N-dealkylation sites (tertiary alicyclic amines) is 1. The van der Waals surface area contributed by atoms with Crippen molar-refractivity contribution in [2.24, 2.45) is 5.92 Å². The topological polar surface area (TPSA) is 66.5 Å². The molecule has 0 N–H and O–H groups in total. The molecule has 0 aromatic heterocycles. The van der Waals surface area contributed by atoms with Gasteiger partial charge in [-0.25, -0.2) is 9.18 Å². The predicted molar refractivity (Wildman–Crippen MR) is 103 cm³/mol. The van der Waals surface area contributed by atoms with E-state index in [2.05, 4.69) is 11.8 Å². The molecule has 2 aliphatic heterocycles. The maximum Gasteiger partial charge on any atom is 0.410 e. The van der Waals surface area contributed by atoms with Gasteiger partial charge in [-0.05, 0) is 47.5 Å². The van der Waals surface area contributed by atoms with Gasteiger partial charge in [-0.3, -0.25) is 4.90 Å². The van der Waals surface area contributed by atoms with Gasteiger partial charge < -0.3 is 23.7 Å². The van der Waals surface area contributed by atoms with E-state index in [-0.39, 0.29) is 6.54 Å². The van der Waals surface area contributed by atoms with E-state index in [1.54, 1.807) is 18.7 Å². The Morgan fingerprint density at radius 2 is 1.76 bits per heavy atom. The van der Waals surface area contributed by atoms with E-state index in [9.17, 15) is 9.18 Å². The van der Waals surface area contributed by atoms with Gasteiger partial charge in [-0.2, -0.15) is 0 Å². The van der Waals surface area contributed by atoms with Crippen LogP contribution in [0.3, 0.4) is 0 Å². The zero-order chi connectivity index (χ0) is 21.7. The molecule has 3 aliphatic rings. The Hall–Kier alpha value is -1.40. The van der Waals surface area contributed by atoms with Crippen LogP contribution in [0, 0.1) is 17.8 Å². The molecule has 1 aliphatic carbocycles. The van der Waals surface area contributed by atoms with E-state index in [1.165, 1.54) is 14.2 Å². The standard InChI is InChI=1S/C21H32FNO6/c1-18(2,3)29-17(24)23-13-15-16(14(9-8-12-22)21(23)10-11-21)28-20(5,26-7)19(4,25-6)27-15/h14-16H,10-13H2,1-7H3/t14-,15-,16-,19?,20?/m1/s1. The molecule has 0 bridgehead atoms. The average molecular weight is 413 g/mol. The third-order valence-corrected chi connectivity index (χ3v) is 6.22. The van der Waals surface area contributed by atoms with Crippen LogP contribution in [-0.2, 0) is 23.7 Å². The molecule has 5 atom stereocenters. The number of hydrogen-bond donors (Lipinski definition) is 0. The number of hydrogen-bond acceptors (Lipinski definition) is 6. The molecule has 2 unspecified atom stereocenters. The summed E-state index contributed by atoms with van der Waals surface area (Å²) in [5.74, 6) is 2.71. The summed E-state index contributed by atoms with van der Waals surface area (Å²) in [6.07, 6.45) is 0.0401. The first-order chi connectivity index (χ1) is 13.5. The Balaban J connectivity index is 1.99. The number of piperidine rings is 1. The molecule has 2 heterocycles. The quantitative estimate of drug-likeness (QED) is 0.649. The number of halogens is 1. The summed E-state index contributed by atoms with van der Waals surface area (Å²) < 4.78 is 42.4. The van der Waals surface area contributed by atoms with Crippen molar-refractivity contribution in [2.75, 3.05) is 27.4 Å². The van der Waals surface area contributed by atoms with Crippen molar-refractivity contribution in [3.05, 3.63) is 0 Å². The highest BCUT2D eigenvalue weighted by molar-refractivity contribution is 5.70. The van der Waals surface area contributed by atoms with Crippen LogP contribution >= 0.6 is 0 Å². The highest BCUT2D eigenvalue weighted by Gasteiger charge is 2.68. The summed E-state index contributed by atoms with van der Waals surface area (Å²) in [7, 11) is 3.03. The molecule has 8 heteroatoms. The van der Waals surface area contributed by atoms with Crippen LogP contribution in [0.15, 0.2) is 0 Å². The Bertz CT molecular complexity index is 708. The fourth-order valence-corrected chi connectivity index (χ4v) is 4.28. The zero-order valence-electron chi connectivity index (χ0n) is 18.3. The van der Waals surface area contributed by atoms with Gasteiger partial charge in [0.05, 0.1) is 18.0 Å². The van der Waals surface area contributed by atoms with E-state index >= 15 is 0 Å². The highest BCUT2D eigenvalue weighted by atomic mass is 19.1. The lowest BCUT2D eigenvalue weighted by molar-refractivity contribution is -0.456. The van der Waals surface area contributed by atoms with E-state index < -0.39 is 53.6 Å². The molecule has 1 saturated carbocycles. The number of rotatable bonds is 2. The van der Waals surface area contributed by atoms with Crippen molar-refractivity contribution in [1.29, 1.82) is 0 Å². The molecule has 164 valence electrons. The molecule has 3 fully saturated rings. The van der Waals surface area contributed by atoms with Crippen LogP contribution in [0.5, 0.6) is 0 Å². The van der Waals surface area contributed by atoms with Gasteiger partial charge >= 0.3 is 6.09 Å². The Labute approximate surface area is 172 Å². The maximum absolute atomic E-state index is 13.0. The van der Waals surface area contributed by atoms with E-state index in [0.717, 1.165) is 12.8 Å². The second kappa shape index (κ2) is 7.38. The molecule has 29 heavy (non-hydrogen) atoms. The van der Waals surface area contributed by atoms with Crippen molar-refractivity contribution < 1.29 is 32.9 Å². The van der Waals surface area contributed by atoms with Crippen molar-refractivity contribution >= 4 is 6.09 Å². The molecule has 2 saturated heterocycles. The predicted octanol–water partition coefficient (Wildman–Crippen LogP) is 2.87. The minimum absolute atomic E-state index is 0.270. The minimum atomic E-state index is -1.20. The number of carbonyl (C=O) groups excluding carboxylic acids is 1. The lowest BCUT2D eigenvalue weighted by atomic mass is 9.81. The fourth-order valence-electron chi connectivity index (χ4n) is 4.28. The molecule has 1 spiro atoms. The maximum atomic E-state index is 13.0. The third kappa shape index (κ3) is 3.74. The normalized spacial score (nSPS) is 38.1. The molecule has 1 amide bonds. The lowest BCUT2D eigenvalue weighted by Crippen LogP contribution is -2.72. The second-order valence-corrected chi connectivity index (χ2v) is 9.17. The number of amides is 1. The van der Waals surface area contributed by atoms with E-state index in [1.807, 2.05) is 20.8 Å². The highest BCUT2D eigenvalue weighted by Crippen LogP contribution is 2.56. The van der Waals surface area contributed by atoms with E-state index in [4.69, 9.17) is 23.7 Å². The van der Waals surface area contributed by atoms with Gasteiger partial charge in [0, 0.05) is 14.2 Å². The summed E-state index contributed by atoms with van der Waals surface area (Å²) in [6.45, 7) is 8.44. The minimum Gasteiger partial charge on any atom is -0.444 e. The van der Waals surface area contributed by atoms with Crippen LogP contribution < -0.4 is 0 Å². The van der Waals surface area contributed by atoms with Crippen LogP contribution in [0.1, 0.15) is 47.5 Å². The van der Waals surface area contributed by atoms with Crippen molar-refractivity contribution in [3.8, 4) is 11.8 Å². The van der Waals surface area contributed by atoms with Gasteiger partial charge in [-0.1, -0.05) is 11.8 Å². The number of methoxy groups -OCH3 is 2. The summed E-state index contributed by atoms with van der Waals surface area (Å²) in [4.78, 5) is 14.7. The summed E-state index contributed by atoms with van der Waals surface area (Å²) >= 11 is 0. The summed E-state index contributed by atoms with van der Waals surface area (Å²) in [6, 6.07) is 0. The van der Waals surface area contributed by atoms with Crippen LogP contribution in [0.25, 0.3) is 0 Å². The molecule has 0 radical (unpaired) electrons. The first-order valence-corrected chi connectivity index (χ1v) is 9.96. The Morgan fingerprint density at radius 3 is 2.24 bits per heavy atom. The van der Waals surface area contributed by atoms with Crippen LogP contribution in [-0.4, -0.2) is 73.4 Å².